The van der Waals surface area contributed by atoms with Gasteiger partial charge in [0.05, 0.1) is 0 Å². The third-order valence-corrected chi connectivity index (χ3v) is 3.38. The Balaban J connectivity index is 2.16. The van der Waals surface area contributed by atoms with Crippen LogP contribution in [-0.4, -0.2) is 24.4 Å². The van der Waals surface area contributed by atoms with Crippen LogP contribution in [0.25, 0.3) is 0 Å². The molecule has 0 bridgehead atoms. The van der Waals surface area contributed by atoms with Gasteiger partial charge in [0.25, 0.3) is 0 Å². The van der Waals surface area contributed by atoms with E-state index >= 15 is 0 Å². The molecular weight excluding hydrogens is 228 g/mol. The number of carbonyl (C=O) groups excluding carboxylic acids is 2. The molecule has 0 aromatic rings. The van der Waals surface area contributed by atoms with Crippen LogP contribution in [0.3, 0.4) is 0 Å². The molecule has 1 aliphatic rings. The van der Waals surface area contributed by atoms with Crippen LogP contribution in [0.1, 0.15) is 64.7 Å². The van der Waals surface area contributed by atoms with Crippen LogP contribution < -0.4 is 10.6 Å². The van der Waals surface area contributed by atoms with Gasteiger partial charge >= 0.3 is 0 Å². The quantitative estimate of drug-likeness (QED) is 0.684. The van der Waals surface area contributed by atoms with Crippen LogP contribution in [-0.2, 0) is 9.59 Å². The van der Waals surface area contributed by atoms with Gasteiger partial charge < -0.3 is 10.6 Å². The Hall–Kier alpha value is -1.06. The van der Waals surface area contributed by atoms with E-state index in [-0.39, 0.29) is 17.9 Å². The van der Waals surface area contributed by atoms with E-state index in [4.69, 9.17) is 0 Å². The summed E-state index contributed by atoms with van der Waals surface area (Å²) >= 11 is 0. The molecule has 0 radical (unpaired) electrons. The fourth-order valence-corrected chi connectivity index (χ4v) is 2.23. The topological polar surface area (TPSA) is 58.2 Å². The van der Waals surface area contributed by atoms with Gasteiger partial charge in [-0.2, -0.15) is 0 Å². The molecule has 4 heteroatoms. The molecule has 104 valence electrons. The third kappa shape index (κ3) is 6.03. The second-order valence-electron chi connectivity index (χ2n) is 5.07. The maximum Gasteiger partial charge on any atom is 0.242 e. The zero-order valence-electron chi connectivity index (χ0n) is 11.5. The Morgan fingerprint density at radius 3 is 2.83 bits per heavy atom. The van der Waals surface area contributed by atoms with Gasteiger partial charge in [-0.1, -0.05) is 32.6 Å². The molecule has 2 N–H and O–H groups in total. The lowest BCUT2D eigenvalue weighted by Crippen LogP contribution is -2.45. The molecule has 4 nitrogen and oxygen atoms in total. The molecule has 1 atom stereocenters. The molecule has 1 fully saturated rings. The lowest BCUT2D eigenvalue weighted by Gasteiger charge is -2.15. The Morgan fingerprint density at radius 2 is 2.06 bits per heavy atom. The van der Waals surface area contributed by atoms with Gasteiger partial charge in [0.15, 0.2) is 0 Å². The minimum atomic E-state index is -0.310. The first-order valence-corrected chi connectivity index (χ1v) is 7.31. The first-order chi connectivity index (χ1) is 8.74. The summed E-state index contributed by atoms with van der Waals surface area (Å²) in [7, 11) is 0. The van der Waals surface area contributed by atoms with Crippen molar-refractivity contribution in [2.45, 2.75) is 70.8 Å². The SMILES string of the molecule is CCCCCCCC(=O)NC1CCCCNC1=O. The highest BCUT2D eigenvalue weighted by molar-refractivity contribution is 5.87. The molecule has 1 rings (SSSR count). The molecule has 0 spiro atoms. The van der Waals surface area contributed by atoms with Crippen molar-refractivity contribution in [1.82, 2.24) is 10.6 Å². The molecule has 1 unspecified atom stereocenters. The molecule has 2 amide bonds. The van der Waals surface area contributed by atoms with Crippen LogP contribution >= 0.6 is 0 Å². The number of nitrogens with one attached hydrogen (secondary N) is 2. The smallest absolute Gasteiger partial charge is 0.242 e. The second kappa shape index (κ2) is 8.95. The summed E-state index contributed by atoms with van der Waals surface area (Å²) in [5.74, 6) is 0.000353. The first-order valence-electron chi connectivity index (χ1n) is 7.31. The number of hydrogen-bond acceptors (Lipinski definition) is 2. The van der Waals surface area contributed by atoms with Crippen LogP contribution in [0.15, 0.2) is 0 Å². The van der Waals surface area contributed by atoms with Gasteiger partial charge in [0, 0.05) is 13.0 Å². The summed E-state index contributed by atoms with van der Waals surface area (Å²) in [4.78, 5) is 23.3. The van der Waals surface area contributed by atoms with Gasteiger partial charge in [-0.25, -0.2) is 0 Å². The maximum atomic E-state index is 11.7. The zero-order valence-corrected chi connectivity index (χ0v) is 11.5. The lowest BCUT2D eigenvalue weighted by atomic mass is 10.1. The van der Waals surface area contributed by atoms with Crippen molar-refractivity contribution in [3.63, 3.8) is 0 Å². The highest BCUT2D eigenvalue weighted by atomic mass is 16.2. The summed E-state index contributed by atoms with van der Waals surface area (Å²) in [6.07, 6.45) is 9.03. The summed E-state index contributed by atoms with van der Waals surface area (Å²) < 4.78 is 0. The molecule has 1 saturated heterocycles. The van der Waals surface area contributed by atoms with E-state index in [2.05, 4.69) is 17.6 Å². The number of rotatable bonds is 7. The van der Waals surface area contributed by atoms with E-state index in [0.29, 0.717) is 6.42 Å². The van der Waals surface area contributed by atoms with E-state index in [1.54, 1.807) is 0 Å². The Kier molecular flexibility index (Phi) is 7.46. The predicted molar refractivity (Wildman–Crippen MR) is 72.2 cm³/mol. The molecular formula is C14H26N2O2. The molecule has 0 saturated carbocycles. The van der Waals surface area contributed by atoms with Crippen molar-refractivity contribution in [3.8, 4) is 0 Å². The summed E-state index contributed by atoms with van der Waals surface area (Å²) in [5.41, 5.74) is 0. The summed E-state index contributed by atoms with van der Waals surface area (Å²) in [5, 5.41) is 5.68. The third-order valence-electron chi connectivity index (χ3n) is 3.38. The first kappa shape index (κ1) is 15.0. The standard InChI is InChI=1S/C14H26N2O2/c1-2-3-4-5-6-10-13(17)16-12-9-7-8-11-15-14(12)18/h12H,2-11H2,1H3,(H,15,18)(H,16,17). The molecule has 1 heterocycles. The van der Waals surface area contributed by atoms with Gasteiger partial charge in [-0.05, 0) is 25.7 Å². The number of unbranched alkanes of at least 4 members (excludes halogenated alkanes) is 4. The van der Waals surface area contributed by atoms with Crippen LogP contribution in [0.2, 0.25) is 0 Å². The molecule has 18 heavy (non-hydrogen) atoms. The van der Waals surface area contributed by atoms with Crippen LogP contribution in [0.5, 0.6) is 0 Å². The van der Waals surface area contributed by atoms with Gasteiger partial charge in [-0.3, -0.25) is 9.59 Å². The fourth-order valence-electron chi connectivity index (χ4n) is 2.23. The van der Waals surface area contributed by atoms with Gasteiger partial charge in [0.1, 0.15) is 6.04 Å². The normalized spacial score (nSPS) is 20.1. The minimum Gasteiger partial charge on any atom is -0.354 e. The average Bonchev–Trinajstić information content (AvgIpc) is 2.55. The van der Waals surface area contributed by atoms with Crippen molar-refractivity contribution in [2.75, 3.05) is 6.54 Å². The van der Waals surface area contributed by atoms with E-state index in [9.17, 15) is 9.59 Å². The van der Waals surface area contributed by atoms with Gasteiger partial charge in [0.2, 0.25) is 11.8 Å². The minimum absolute atomic E-state index is 0.0215. The van der Waals surface area contributed by atoms with Crippen molar-refractivity contribution >= 4 is 11.8 Å². The fraction of sp³-hybridized carbons (Fsp3) is 0.857. The summed E-state index contributed by atoms with van der Waals surface area (Å²) in [6, 6.07) is -0.310. The van der Waals surface area contributed by atoms with E-state index < -0.39 is 0 Å². The van der Waals surface area contributed by atoms with Gasteiger partial charge in [-0.15, -0.1) is 0 Å². The van der Waals surface area contributed by atoms with Crippen molar-refractivity contribution < 1.29 is 9.59 Å². The average molecular weight is 254 g/mol. The van der Waals surface area contributed by atoms with Crippen molar-refractivity contribution in [2.24, 2.45) is 0 Å². The molecule has 1 aliphatic heterocycles. The Labute approximate surface area is 110 Å². The molecule has 0 aliphatic carbocycles. The highest BCUT2D eigenvalue weighted by Gasteiger charge is 2.21. The largest absolute Gasteiger partial charge is 0.354 e. The summed E-state index contributed by atoms with van der Waals surface area (Å²) in [6.45, 7) is 2.92. The monoisotopic (exact) mass is 254 g/mol. The number of carbonyl (C=O) groups is 2. The molecule has 0 aromatic heterocycles. The van der Waals surface area contributed by atoms with Crippen molar-refractivity contribution in [1.29, 1.82) is 0 Å². The Bertz CT molecular complexity index is 267. The Morgan fingerprint density at radius 1 is 1.28 bits per heavy atom. The molecule has 0 aromatic carbocycles. The zero-order chi connectivity index (χ0) is 13.2. The van der Waals surface area contributed by atoms with E-state index in [1.807, 2.05) is 0 Å². The van der Waals surface area contributed by atoms with E-state index in [1.165, 1.54) is 19.3 Å². The maximum absolute atomic E-state index is 11.7. The highest BCUT2D eigenvalue weighted by Crippen LogP contribution is 2.08. The predicted octanol–water partition coefficient (Wildman–Crippen LogP) is 2.13. The van der Waals surface area contributed by atoms with Crippen molar-refractivity contribution in [3.05, 3.63) is 0 Å². The van der Waals surface area contributed by atoms with Crippen LogP contribution in [0, 0.1) is 0 Å². The second-order valence-corrected chi connectivity index (χ2v) is 5.07. The number of amides is 2. The van der Waals surface area contributed by atoms with Crippen LogP contribution in [0.4, 0.5) is 0 Å². The number of hydrogen-bond donors (Lipinski definition) is 2. The van der Waals surface area contributed by atoms with E-state index in [0.717, 1.165) is 38.6 Å². The lowest BCUT2D eigenvalue weighted by molar-refractivity contribution is -0.128.